The number of hydrogen-bond acceptors (Lipinski definition) is 4. The van der Waals surface area contributed by atoms with E-state index in [4.69, 9.17) is 4.42 Å². The number of furan rings is 1. The predicted octanol–water partition coefficient (Wildman–Crippen LogP) is 2.40. The Morgan fingerprint density at radius 3 is 2.95 bits per heavy atom. The molecule has 0 atom stereocenters. The van der Waals surface area contributed by atoms with Gasteiger partial charge in [0.1, 0.15) is 23.5 Å². The summed E-state index contributed by atoms with van der Waals surface area (Å²) in [7, 11) is 0. The molecule has 3 aromatic rings. The molecule has 0 unspecified atom stereocenters. The van der Waals surface area contributed by atoms with Crippen LogP contribution in [0.2, 0.25) is 0 Å². The molecular weight excluding hydrogens is 240 g/mol. The normalized spacial score (nSPS) is 11.2. The Balaban J connectivity index is 1.79. The summed E-state index contributed by atoms with van der Waals surface area (Å²) in [6.07, 6.45) is 2.41. The maximum Gasteiger partial charge on any atom is 0.138 e. The van der Waals surface area contributed by atoms with Gasteiger partial charge in [-0.05, 0) is 6.07 Å². The minimum absolute atomic E-state index is 0.669. The molecular formula is C14H16N4O. The third kappa shape index (κ3) is 2.37. The fourth-order valence-electron chi connectivity index (χ4n) is 2.25. The van der Waals surface area contributed by atoms with Crippen molar-refractivity contribution in [1.82, 2.24) is 20.5 Å². The van der Waals surface area contributed by atoms with Crippen LogP contribution in [0.5, 0.6) is 0 Å². The quantitative estimate of drug-likeness (QED) is 0.735. The molecule has 5 nitrogen and oxygen atoms in total. The first-order valence-corrected chi connectivity index (χ1v) is 6.42. The monoisotopic (exact) mass is 256 g/mol. The van der Waals surface area contributed by atoms with Crippen LogP contribution >= 0.6 is 0 Å². The van der Waals surface area contributed by atoms with Gasteiger partial charge >= 0.3 is 0 Å². The molecule has 0 aliphatic carbocycles. The third-order valence-electron chi connectivity index (χ3n) is 3.16. The number of para-hydroxylation sites is 1. The lowest BCUT2D eigenvalue weighted by Gasteiger charge is -2.03. The second-order valence-corrected chi connectivity index (χ2v) is 4.39. The summed E-state index contributed by atoms with van der Waals surface area (Å²) in [5, 5.41) is 11.2. The molecule has 0 saturated carbocycles. The second kappa shape index (κ2) is 5.24. The van der Waals surface area contributed by atoms with E-state index < -0.39 is 0 Å². The third-order valence-corrected chi connectivity index (χ3v) is 3.16. The lowest BCUT2D eigenvalue weighted by molar-refractivity contribution is 0.543. The van der Waals surface area contributed by atoms with Crippen molar-refractivity contribution in [3.63, 3.8) is 0 Å². The van der Waals surface area contributed by atoms with Gasteiger partial charge in [0.05, 0.1) is 6.54 Å². The van der Waals surface area contributed by atoms with Gasteiger partial charge in [0, 0.05) is 23.9 Å². The number of aryl methyl sites for hydroxylation is 1. The van der Waals surface area contributed by atoms with Gasteiger partial charge in [-0.1, -0.05) is 25.1 Å². The average Bonchev–Trinajstić information content (AvgIpc) is 3.06. The van der Waals surface area contributed by atoms with Crippen LogP contribution in [-0.2, 0) is 19.5 Å². The van der Waals surface area contributed by atoms with Gasteiger partial charge in [-0.15, -0.1) is 0 Å². The Morgan fingerprint density at radius 1 is 1.26 bits per heavy atom. The van der Waals surface area contributed by atoms with Crippen LogP contribution in [0.4, 0.5) is 0 Å². The number of nitrogens with zero attached hydrogens (tertiary/aromatic N) is 2. The Morgan fingerprint density at radius 2 is 2.16 bits per heavy atom. The molecule has 19 heavy (non-hydrogen) atoms. The number of benzene rings is 1. The first kappa shape index (κ1) is 11.9. The number of H-pyrrole nitrogens is 1. The molecule has 2 N–H and O–H groups in total. The van der Waals surface area contributed by atoms with E-state index in [1.165, 1.54) is 17.3 Å². The zero-order valence-corrected chi connectivity index (χ0v) is 10.8. The number of fused-ring (bicyclic) bond motifs is 1. The van der Waals surface area contributed by atoms with Crippen molar-refractivity contribution >= 4 is 11.0 Å². The Hall–Kier alpha value is -2.14. The maximum absolute atomic E-state index is 5.86. The summed E-state index contributed by atoms with van der Waals surface area (Å²) in [4.78, 5) is 4.09. The Kier molecular flexibility index (Phi) is 3.29. The van der Waals surface area contributed by atoms with Crippen molar-refractivity contribution in [3.8, 4) is 0 Å². The molecule has 0 radical (unpaired) electrons. The highest BCUT2D eigenvalue weighted by Gasteiger charge is 2.11. The smallest absolute Gasteiger partial charge is 0.138 e. The van der Waals surface area contributed by atoms with E-state index in [1.807, 2.05) is 18.2 Å². The molecule has 98 valence electrons. The highest BCUT2D eigenvalue weighted by Crippen LogP contribution is 2.26. The van der Waals surface area contributed by atoms with Crippen LogP contribution in [0.15, 0.2) is 35.0 Å². The fraction of sp³-hybridized carbons (Fsp3) is 0.286. The zero-order chi connectivity index (χ0) is 13.1. The second-order valence-electron chi connectivity index (χ2n) is 4.39. The minimum atomic E-state index is 0.669. The largest absolute Gasteiger partial charge is 0.461 e. The summed E-state index contributed by atoms with van der Waals surface area (Å²) >= 11 is 0. The number of aromatic amines is 1. The molecule has 0 saturated heterocycles. The SMILES string of the molecule is CCc1oc2ccccc2c1CNCc1ncn[nH]1. The van der Waals surface area contributed by atoms with E-state index in [0.717, 1.165) is 30.1 Å². The lowest BCUT2D eigenvalue weighted by atomic mass is 10.1. The Bertz CT molecular complexity index is 657. The number of aromatic nitrogens is 3. The van der Waals surface area contributed by atoms with Crippen LogP contribution in [0.25, 0.3) is 11.0 Å². The molecule has 0 bridgehead atoms. The van der Waals surface area contributed by atoms with E-state index in [0.29, 0.717) is 6.54 Å². The minimum Gasteiger partial charge on any atom is -0.461 e. The predicted molar refractivity (Wildman–Crippen MR) is 72.5 cm³/mol. The van der Waals surface area contributed by atoms with Gasteiger partial charge < -0.3 is 9.73 Å². The van der Waals surface area contributed by atoms with Crippen LogP contribution in [-0.4, -0.2) is 15.2 Å². The van der Waals surface area contributed by atoms with Gasteiger partial charge in [-0.25, -0.2) is 4.98 Å². The van der Waals surface area contributed by atoms with E-state index in [2.05, 4.69) is 33.5 Å². The number of rotatable bonds is 5. The molecule has 0 aliphatic rings. The average molecular weight is 256 g/mol. The van der Waals surface area contributed by atoms with Gasteiger partial charge in [0.2, 0.25) is 0 Å². The summed E-state index contributed by atoms with van der Waals surface area (Å²) in [5.74, 6) is 1.89. The lowest BCUT2D eigenvalue weighted by Crippen LogP contribution is -2.14. The highest BCUT2D eigenvalue weighted by molar-refractivity contribution is 5.82. The van der Waals surface area contributed by atoms with Gasteiger partial charge in [0.15, 0.2) is 0 Å². The fourth-order valence-corrected chi connectivity index (χ4v) is 2.25. The van der Waals surface area contributed by atoms with Gasteiger partial charge in [-0.2, -0.15) is 5.10 Å². The van der Waals surface area contributed by atoms with E-state index >= 15 is 0 Å². The number of hydrogen-bond donors (Lipinski definition) is 2. The van der Waals surface area contributed by atoms with Crippen molar-refractivity contribution < 1.29 is 4.42 Å². The van der Waals surface area contributed by atoms with Crippen molar-refractivity contribution in [3.05, 3.63) is 47.7 Å². The van der Waals surface area contributed by atoms with Crippen LogP contribution < -0.4 is 5.32 Å². The maximum atomic E-state index is 5.86. The standard InChI is InChI=1S/C14H16N4O/c1-2-12-11(7-15-8-14-16-9-17-18-14)10-5-3-4-6-13(10)19-12/h3-6,9,15H,2,7-8H2,1H3,(H,16,17,18). The van der Waals surface area contributed by atoms with Crippen LogP contribution in [0, 0.1) is 0 Å². The number of nitrogens with one attached hydrogen (secondary N) is 2. The molecule has 0 aliphatic heterocycles. The molecule has 3 rings (SSSR count). The van der Waals surface area contributed by atoms with E-state index in [9.17, 15) is 0 Å². The zero-order valence-electron chi connectivity index (χ0n) is 10.8. The van der Waals surface area contributed by atoms with Crippen LogP contribution in [0.3, 0.4) is 0 Å². The summed E-state index contributed by atoms with van der Waals surface area (Å²) in [6.45, 7) is 3.54. The summed E-state index contributed by atoms with van der Waals surface area (Å²) in [5.41, 5.74) is 2.19. The van der Waals surface area contributed by atoms with E-state index in [1.54, 1.807) is 0 Å². The van der Waals surface area contributed by atoms with Crippen molar-refractivity contribution in [1.29, 1.82) is 0 Å². The molecule has 0 fully saturated rings. The first-order valence-electron chi connectivity index (χ1n) is 6.42. The summed E-state index contributed by atoms with van der Waals surface area (Å²) < 4.78 is 5.86. The van der Waals surface area contributed by atoms with Crippen LogP contribution in [0.1, 0.15) is 24.1 Å². The first-order chi connectivity index (χ1) is 9.38. The molecule has 1 aromatic carbocycles. The van der Waals surface area contributed by atoms with E-state index in [-0.39, 0.29) is 0 Å². The van der Waals surface area contributed by atoms with Crippen molar-refractivity contribution in [2.45, 2.75) is 26.4 Å². The Labute approximate surface area is 111 Å². The van der Waals surface area contributed by atoms with Gasteiger partial charge in [0.25, 0.3) is 0 Å². The molecule has 0 spiro atoms. The molecule has 2 heterocycles. The molecule has 2 aromatic heterocycles. The van der Waals surface area contributed by atoms with Crippen molar-refractivity contribution in [2.24, 2.45) is 0 Å². The van der Waals surface area contributed by atoms with Gasteiger partial charge in [-0.3, -0.25) is 5.10 Å². The molecule has 0 amide bonds. The van der Waals surface area contributed by atoms with Crippen molar-refractivity contribution in [2.75, 3.05) is 0 Å². The highest BCUT2D eigenvalue weighted by atomic mass is 16.3. The summed E-state index contributed by atoms with van der Waals surface area (Å²) in [6, 6.07) is 8.14. The topological polar surface area (TPSA) is 66.7 Å². The molecule has 5 heteroatoms.